The number of aryl methyl sites for hydroxylation is 1. The highest BCUT2D eigenvalue weighted by Crippen LogP contribution is 2.44. The lowest BCUT2D eigenvalue weighted by molar-refractivity contribution is -0.122. The molecule has 0 spiro atoms. The van der Waals surface area contributed by atoms with Crippen LogP contribution in [0.3, 0.4) is 0 Å². The summed E-state index contributed by atoms with van der Waals surface area (Å²) in [6.07, 6.45) is 2.61. The molecule has 2 aromatic rings. The van der Waals surface area contributed by atoms with E-state index in [2.05, 4.69) is 10.6 Å². The van der Waals surface area contributed by atoms with Crippen molar-refractivity contribution in [1.29, 1.82) is 0 Å². The van der Waals surface area contributed by atoms with Crippen LogP contribution in [0.4, 0.5) is 5.69 Å². The Kier molecular flexibility index (Phi) is 5.15. The second-order valence-corrected chi connectivity index (χ2v) is 8.02. The van der Waals surface area contributed by atoms with Gasteiger partial charge in [-0.2, -0.15) is 0 Å². The number of carbonyl (C=O) groups is 2. The third kappa shape index (κ3) is 3.54. The number of fused-ring (bicyclic) bond motifs is 1. The molecule has 1 aliphatic heterocycles. The van der Waals surface area contributed by atoms with E-state index in [1.807, 2.05) is 43.3 Å². The fourth-order valence-electron chi connectivity index (χ4n) is 4.17. The van der Waals surface area contributed by atoms with E-state index in [-0.39, 0.29) is 37.9 Å². The zero-order valence-electron chi connectivity index (χ0n) is 16.5. The minimum Gasteiger partial charge on any atom is -0.396 e. The number of benzene rings is 2. The summed E-state index contributed by atoms with van der Waals surface area (Å²) in [6, 6.07) is 11.7. The summed E-state index contributed by atoms with van der Waals surface area (Å²) in [6.45, 7) is 1.73. The Morgan fingerprint density at radius 2 is 1.86 bits per heavy atom. The Balaban J connectivity index is 1.70. The van der Waals surface area contributed by atoms with Crippen LogP contribution in [0, 0.1) is 6.92 Å². The smallest absolute Gasteiger partial charge is 0.251 e. The van der Waals surface area contributed by atoms with Crippen LogP contribution >= 0.6 is 0 Å². The molecule has 29 heavy (non-hydrogen) atoms. The number of carbonyl (C=O) groups excluding carboxylic acids is 2. The highest BCUT2D eigenvalue weighted by molar-refractivity contribution is 6.07. The fraction of sp³-hybridized carbons (Fsp3) is 0.391. The first-order valence-electron chi connectivity index (χ1n) is 10.1. The first kappa shape index (κ1) is 19.6. The van der Waals surface area contributed by atoms with Gasteiger partial charge < -0.3 is 20.8 Å². The maximum atomic E-state index is 12.7. The van der Waals surface area contributed by atoms with Gasteiger partial charge in [0.15, 0.2) is 0 Å². The first-order valence-corrected chi connectivity index (χ1v) is 10.1. The van der Waals surface area contributed by atoms with E-state index in [1.54, 1.807) is 0 Å². The predicted molar refractivity (Wildman–Crippen MR) is 111 cm³/mol. The normalized spacial score (nSPS) is 17.0. The van der Waals surface area contributed by atoms with Gasteiger partial charge in [0, 0.05) is 30.5 Å². The van der Waals surface area contributed by atoms with E-state index in [0.29, 0.717) is 17.3 Å². The largest absolute Gasteiger partial charge is 0.396 e. The fourth-order valence-corrected chi connectivity index (χ4v) is 4.17. The Morgan fingerprint density at radius 1 is 1.14 bits per heavy atom. The molecule has 2 aliphatic rings. The van der Waals surface area contributed by atoms with Crippen molar-refractivity contribution < 1.29 is 19.8 Å². The summed E-state index contributed by atoms with van der Waals surface area (Å²) < 4.78 is 0. The molecule has 0 bridgehead atoms. The molecule has 0 aromatic heterocycles. The monoisotopic (exact) mass is 394 g/mol. The molecule has 4 rings (SSSR count). The van der Waals surface area contributed by atoms with Gasteiger partial charge in [-0.15, -0.1) is 0 Å². The van der Waals surface area contributed by atoms with Crippen molar-refractivity contribution in [3.8, 4) is 11.1 Å². The number of aliphatic hydroxyl groups is 2. The van der Waals surface area contributed by atoms with Gasteiger partial charge in [-0.05, 0) is 73.1 Å². The van der Waals surface area contributed by atoms with Crippen LogP contribution in [0.1, 0.15) is 47.2 Å². The number of amides is 2. The van der Waals surface area contributed by atoms with E-state index in [4.69, 9.17) is 0 Å². The van der Waals surface area contributed by atoms with Crippen LogP contribution in [0.25, 0.3) is 11.1 Å². The zero-order chi connectivity index (χ0) is 20.6. The second-order valence-electron chi connectivity index (χ2n) is 8.02. The molecule has 4 N–H and O–H groups in total. The molecule has 0 saturated heterocycles. The van der Waals surface area contributed by atoms with Gasteiger partial charge in [0.25, 0.3) is 5.91 Å². The summed E-state index contributed by atoms with van der Waals surface area (Å²) in [4.78, 5) is 25.1. The molecule has 2 aromatic carbocycles. The number of nitrogens with one attached hydrogen (secondary N) is 2. The predicted octanol–water partition coefficient (Wildman–Crippen LogP) is 2.51. The van der Waals surface area contributed by atoms with E-state index in [9.17, 15) is 19.8 Å². The molecule has 152 valence electrons. The molecule has 0 radical (unpaired) electrons. The van der Waals surface area contributed by atoms with E-state index < -0.39 is 5.41 Å². The average Bonchev–Trinajstić information content (AvgIpc) is 3.47. The Hall–Kier alpha value is -2.70. The molecule has 6 heteroatoms. The van der Waals surface area contributed by atoms with Crippen molar-refractivity contribution in [2.45, 2.75) is 44.1 Å². The summed E-state index contributed by atoms with van der Waals surface area (Å²) in [7, 11) is 0. The van der Waals surface area contributed by atoms with Crippen molar-refractivity contribution in [3.05, 3.63) is 53.1 Å². The Morgan fingerprint density at radius 3 is 2.52 bits per heavy atom. The molecule has 6 nitrogen and oxygen atoms in total. The van der Waals surface area contributed by atoms with Crippen LogP contribution in [0.2, 0.25) is 0 Å². The topological polar surface area (TPSA) is 98.7 Å². The maximum absolute atomic E-state index is 12.7. The van der Waals surface area contributed by atoms with Gasteiger partial charge in [-0.25, -0.2) is 0 Å². The SMILES string of the molecule is Cc1ccc(C(=O)NC2CC2)cc1-c1ccc2c(c1)NC(=O)C2(CCO)CCO. The van der Waals surface area contributed by atoms with Crippen molar-refractivity contribution >= 4 is 17.5 Å². The quantitative estimate of drug-likeness (QED) is 0.580. The summed E-state index contributed by atoms with van der Waals surface area (Å²) in [5, 5.41) is 24.9. The lowest BCUT2D eigenvalue weighted by Crippen LogP contribution is -2.36. The third-order valence-electron chi connectivity index (χ3n) is 6.02. The van der Waals surface area contributed by atoms with E-state index >= 15 is 0 Å². The highest BCUT2D eigenvalue weighted by Gasteiger charge is 2.45. The second kappa shape index (κ2) is 7.61. The highest BCUT2D eigenvalue weighted by atomic mass is 16.3. The summed E-state index contributed by atoms with van der Waals surface area (Å²) in [5.41, 5.74) is 4.10. The number of hydrogen-bond acceptors (Lipinski definition) is 4. The average molecular weight is 394 g/mol. The van der Waals surface area contributed by atoms with Gasteiger partial charge >= 0.3 is 0 Å². The molecule has 2 amide bonds. The van der Waals surface area contributed by atoms with Gasteiger partial charge in [0.2, 0.25) is 5.91 Å². The number of rotatable bonds is 7. The van der Waals surface area contributed by atoms with Crippen LogP contribution in [0.5, 0.6) is 0 Å². The Labute approximate surface area is 170 Å². The minimum absolute atomic E-state index is 0.0619. The molecule has 1 saturated carbocycles. The Bertz CT molecular complexity index is 959. The molecule has 1 fully saturated rings. The van der Waals surface area contributed by atoms with Crippen LogP contribution < -0.4 is 10.6 Å². The van der Waals surface area contributed by atoms with Crippen molar-refractivity contribution in [2.24, 2.45) is 0 Å². The van der Waals surface area contributed by atoms with Crippen LogP contribution in [-0.4, -0.2) is 41.3 Å². The molecule has 1 heterocycles. The van der Waals surface area contributed by atoms with E-state index in [1.165, 1.54) is 0 Å². The minimum atomic E-state index is -0.904. The molecule has 0 unspecified atom stereocenters. The standard InChI is InChI=1S/C23H26N2O4/c1-14-2-3-16(21(28)24-17-5-6-17)12-18(14)15-4-7-19-20(13-15)25-22(29)23(19,8-10-26)9-11-27/h2-4,7,12-13,17,26-27H,5-6,8-11H2,1H3,(H,24,28)(H,25,29). The van der Waals surface area contributed by atoms with Gasteiger partial charge in [-0.1, -0.05) is 18.2 Å². The lowest BCUT2D eigenvalue weighted by atomic mass is 9.76. The van der Waals surface area contributed by atoms with Crippen LogP contribution in [0.15, 0.2) is 36.4 Å². The molecular formula is C23H26N2O4. The number of aliphatic hydroxyl groups excluding tert-OH is 2. The van der Waals surface area contributed by atoms with Crippen molar-refractivity contribution in [2.75, 3.05) is 18.5 Å². The summed E-state index contributed by atoms with van der Waals surface area (Å²) in [5.74, 6) is -0.254. The lowest BCUT2D eigenvalue weighted by Gasteiger charge is -2.25. The summed E-state index contributed by atoms with van der Waals surface area (Å²) >= 11 is 0. The zero-order valence-corrected chi connectivity index (χ0v) is 16.5. The van der Waals surface area contributed by atoms with Crippen LogP contribution in [-0.2, 0) is 10.2 Å². The third-order valence-corrected chi connectivity index (χ3v) is 6.02. The molecule has 1 aliphatic carbocycles. The molecular weight excluding hydrogens is 368 g/mol. The van der Waals surface area contributed by atoms with Crippen molar-refractivity contribution in [1.82, 2.24) is 5.32 Å². The maximum Gasteiger partial charge on any atom is 0.251 e. The number of hydrogen-bond donors (Lipinski definition) is 4. The molecule has 0 atom stereocenters. The van der Waals surface area contributed by atoms with Gasteiger partial charge in [0.05, 0.1) is 5.41 Å². The van der Waals surface area contributed by atoms with Gasteiger partial charge in [0.1, 0.15) is 0 Å². The van der Waals surface area contributed by atoms with E-state index in [0.717, 1.165) is 35.1 Å². The van der Waals surface area contributed by atoms with Crippen molar-refractivity contribution in [3.63, 3.8) is 0 Å². The first-order chi connectivity index (χ1) is 14.0. The number of anilines is 1. The van der Waals surface area contributed by atoms with Gasteiger partial charge in [-0.3, -0.25) is 9.59 Å².